The lowest BCUT2D eigenvalue weighted by Gasteiger charge is -2.29. The Bertz CT molecular complexity index is 1090. The molecule has 0 amide bonds. The predicted octanol–water partition coefficient (Wildman–Crippen LogP) is 6.39. The Hall–Kier alpha value is -3.22. The van der Waals surface area contributed by atoms with Gasteiger partial charge in [0.1, 0.15) is 12.4 Å². The first-order valence-corrected chi connectivity index (χ1v) is 10.3. The molecule has 0 aliphatic carbocycles. The summed E-state index contributed by atoms with van der Waals surface area (Å²) < 4.78 is 52.2. The first-order chi connectivity index (χ1) is 15.1. The number of esters is 1. The van der Waals surface area contributed by atoms with Gasteiger partial charge in [0.2, 0.25) is 0 Å². The van der Waals surface area contributed by atoms with Crippen molar-refractivity contribution in [3.63, 3.8) is 0 Å². The molecule has 2 aromatic carbocycles. The fourth-order valence-electron chi connectivity index (χ4n) is 3.70. The average Bonchev–Trinajstić information content (AvgIpc) is 3.13. The van der Waals surface area contributed by atoms with E-state index >= 15 is 0 Å². The standard InChI is InChI=1S/C25H26F3NO3/c1-4-23(30)32-17-24(3,15-25(26,27)28)16-31-20-12-11-19-13-21(18-9-7-6-8-10-18)29(5-2)22(19)14-20/h4,6-14H,1,5,15-17H2,2-3H3. The fraction of sp³-hybridized carbons (Fsp3) is 0.320. The SMILES string of the molecule is C=CC(=O)OCC(C)(COc1ccc2cc(-c3ccccc3)n(CC)c2c1)CC(F)(F)F. The minimum atomic E-state index is -4.43. The molecule has 4 nitrogen and oxygen atoms in total. The molecule has 1 unspecified atom stereocenters. The zero-order chi connectivity index (χ0) is 23.4. The maximum absolute atomic E-state index is 13.1. The average molecular weight is 445 g/mol. The molecule has 0 saturated heterocycles. The minimum absolute atomic E-state index is 0.263. The summed E-state index contributed by atoms with van der Waals surface area (Å²) in [7, 11) is 0. The molecular formula is C25H26F3NO3. The van der Waals surface area contributed by atoms with Gasteiger partial charge >= 0.3 is 12.1 Å². The molecule has 0 fully saturated rings. The van der Waals surface area contributed by atoms with Gasteiger partial charge in [0.15, 0.2) is 0 Å². The Morgan fingerprint density at radius 2 is 1.81 bits per heavy atom. The molecule has 1 atom stereocenters. The van der Waals surface area contributed by atoms with Crippen molar-refractivity contribution >= 4 is 16.9 Å². The Balaban J connectivity index is 1.85. The second kappa shape index (κ2) is 9.51. The molecule has 1 heterocycles. The molecule has 170 valence electrons. The number of carbonyl (C=O) groups excluding carboxylic acids is 1. The smallest absolute Gasteiger partial charge is 0.389 e. The molecule has 0 spiro atoms. The van der Waals surface area contributed by atoms with Crippen LogP contribution in [0.4, 0.5) is 13.2 Å². The summed E-state index contributed by atoms with van der Waals surface area (Å²) in [5.74, 6) is -0.317. The van der Waals surface area contributed by atoms with Gasteiger partial charge in [-0.1, -0.05) is 43.8 Å². The Labute approximate surface area is 185 Å². The molecule has 0 saturated carbocycles. The van der Waals surface area contributed by atoms with E-state index in [0.29, 0.717) is 5.75 Å². The van der Waals surface area contributed by atoms with Crippen LogP contribution in [0.15, 0.2) is 67.3 Å². The number of rotatable bonds is 9. The number of carbonyl (C=O) groups is 1. The third-order valence-electron chi connectivity index (χ3n) is 5.21. The van der Waals surface area contributed by atoms with E-state index in [-0.39, 0.29) is 6.61 Å². The molecule has 0 N–H and O–H groups in total. The summed E-state index contributed by atoms with van der Waals surface area (Å²) in [6.07, 6.45) is -4.65. The molecule has 1 aromatic heterocycles. The molecule has 7 heteroatoms. The highest BCUT2D eigenvalue weighted by molar-refractivity contribution is 5.88. The highest BCUT2D eigenvalue weighted by Gasteiger charge is 2.41. The van der Waals surface area contributed by atoms with Gasteiger partial charge in [0.25, 0.3) is 0 Å². The van der Waals surface area contributed by atoms with E-state index < -0.39 is 30.6 Å². The first kappa shape index (κ1) is 23.4. The van der Waals surface area contributed by atoms with Gasteiger partial charge in [-0.05, 0) is 30.7 Å². The zero-order valence-electron chi connectivity index (χ0n) is 18.1. The van der Waals surface area contributed by atoms with E-state index in [0.717, 1.165) is 34.8 Å². The van der Waals surface area contributed by atoms with Gasteiger partial charge in [-0.15, -0.1) is 0 Å². The third-order valence-corrected chi connectivity index (χ3v) is 5.21. The normalized spacial score (nSPS) is 13.5. The van der Waals surface area contributed by atoms with Gasteiger partial charge in [0.05, 0.1) is 18.5 Å². The van der Waals surface area contributed by atoms with Crippen molar-refractivity contribution in [3.05, 3.63) is 67.3 Å². The van der Waals surface area contributed by atoms with E-state index in [2.05, 4.69) is 17.2 Å². The lowest BCUT2D eigenvalue weighted by Crippen LogP contribution is -2.36. The number of fused-ring (bicyclic) bond motifs is 1. The first-order valence-electron chi connectivity index (χ1n) is 10.3. The van der Waals surface area contributed by atoms with Crippen molar-refractivity contribution in [2.45, 2.75) is 33.0 Å². The van der Waals surface area contributed by atoms with E-state index in [4.69, 9.17) is 9.47 Å². The molecule has 0 aliphatic rings. The van der Waals surface area contributed by atoms with E-state index in [1.54, 1.807) is 6.07 Å². The van der Waals surface area contributed by atoms with Gasteiger partial charge in [-0.3, -0.25) is 0 Å². The molecule has 3 aromatic rings. The third kappa shape index (κ3) is 5.72. The molecule has 32 heavy (non-hydrogen) atoms. The van der Waals surface area contributed by atoms with Crippen molar-refractivity contribution in [2.24, 2.45) is 5.41 Å². The van der Waals surface area contributed by atoms with Gasteiger partial charge in [-0.2, -0.15) is 13.2 Å². The molecule has 0 radical (unpaired) electrons. The number of nitrogens with zero attached hydrogens (tertiary/aromatic N) is 1. The van der Waals surface area contributed by atoms with Crippen LogP contribution in [0.5, 0.6) is 5.75 Å². The summed E-state index contributed by atoms with van der Waals surface area (Å²) in [4.78, 5) is 11.4. The summed E-state index contributed by atoms with van der Waals surface area (Å²) >= 11 is 0. The van der Waals surface area contributed by atoms with Crippen LogP contribution in [-0.2, 0) is 16.1 Å². The van der Waals surface area contributed by atoms with Gasteiger partial charge in [-0.25, -0.2) is 4.79 Å². The monoisotopic (exact) mass is 445 g/mol. The lowest BCUT2D eigenvalue weighted by molar-refractivity contribution is -0.172. The molecule has 0 bridgehead atoms. The van der Waals surface area contributed by atoms with Crippen molar-refractivity contribution in [1.29, 1.82) is 0 Å². The Morgan fingerprint density at radius 1 is 1.09 bits per heavy atom. The van der Waals surface area contributed by atoms with Crippen LogP contribution < -0.4 is 4.74 Å². The highest BCUT2D eigenvalue weighted by atomic mass is 19.4. The number of alkyl halides is 3. The number of benzene rings is 2. The number of aryl methyl sites for hydroxylation is 1. The Morgan fingerprint density at radius 3 is 2.44 bits per heavy atom. The number of hydrogen-bond donors (Lipinski definition) is 0. The number of aromatic nitrogens is 1. The van der Waals surface area contributed by atoms with Crippen molar-refractivity contribution in [3.8, 4) is 17.0 Å². The maximum atomic E-state index is 13.1. The van der Waals surface area contributed by atoms with Crippen molar-refractivity contribution in [2.75, 3.05) is 13.2 Å². The van der Waals surface area contributed by atoms with Crippen LogP contribution in [0.3, 0.4) is 0 Å². The zero-order valence-corrected chi connectivity index (χ0v) is 18.1. The minimum Gasteiger partial charge on any atom is -0.493 e. The van der Waals surface area contributed by atoms with Crippen LogP contribution in [0.1, 0.15) is 20.3 Å². The second-order valence-corrected chi connectivity index (χ2v) is 8.06. The molecule has 0 aliphatic heterocycles. The molecular weight excluding hydrogens is 419 g/mol. The van der Waals surface area contributed by atoms with Crippen LogP contribution in [0.25, 0.3) is 22.2 Å². The topological polar surface area (TPSA) is 40.5 Å². The number of hydrogen-bond acceptors (Lipinski definition) is 3. The summed E-state index contributed by atoms with van der Waals surface area (Å²) in [6.45, 7) is 6.72. The lowest BCUT2D eigenvalue weighted by atomic mass is 9.88. The highest BCUT2D eigenvalue weighted by Crippen LogP contribution is 2.35. The van der Waals surface area contributed by atoms with Crippen LogP contribution in [0, 0.1) is 5.41 Å². The van der Waals surface area contributed by atoms with E-state index in [1.807, 2.05) is 49.4 Å². The molecule has 3 rings (SSSR count). The largest absolute Gasteiger partial charge is 0.493 e. The summed E-state index contributed by atoms with van der Waals surface area (Å²) in [5.41, 5.74) is 1.63. The second-order valence-electron chi connectivity index (χ2n) is 8.06. The quantitative estimate of drug-likeness (QED) is 0.283. The van der Waals surface area contributed by atoms with Gasteiger partial charge < -0.3 is 14.0 Å². The Kier molecular flexibility index (Phi) is 6.96. The van der Waals surface area contributed by atoms with Crippen molar-refractivity contribution in [1.82, 2.24) is 4.57 Å². The number of halogens is 3. The van der Waals surface area contributed by atoms with E-state index in [9.17, 15) is 18.0 Å². The summed E-state index contributed by atoms with van der Waals surface area (Å²) in [5, 5.41) is 1.01. The van der Waals surface area contributed by atoms with Crippen LogP contribution in [-0.4, -0.2) is 29.9 Å². The summed E-state index contributed by atoms with van der Waals surface area (Å²) in [6, 6.07) is 17.5. The number of ether oxygens (including phenoxy) is 2. The van der Waals surface area contributed by atoms with Crippen molar-refractivity contribution < 1.29 is 27.4 Å². The fourth-order valence-corrected chi connectivity index (χ4v) is 3.70. The van der Waals surface area contributed by atoms with E-state index in [1.165, 1.54) is 6.92 Å². The van der Waals surface area contributed by atoms with Crippen LogP contribution in [0.2, 0.25) is 0 Å². The predicted molar refractivity (Wildman–Crippen MR) is 118 cm³/mol. The van der Waals surface area contributed by atoms with Crippen LogP contribution >= 0.6 is 0 Å². The van der Waals surface area contributed by atoms with Gasteiger partial charge in [0, 0.05) is 35.2 Å². The maximum Gasteiger partial charge on any atom is 0.389 e.